The van der Waals surface area contributed by atoms with Crippen LogP contribution in [0.4, 0.5) is 0 Å². The average Bonchev–Trinajstić information content (AvgIpc) is 1.87. The Kier molecular flexibility index (Phi) is 4.03. The summed E-state index contributed by atoms with van der Waals surface area (Å²) in [5.41, 5.74) is 5.24. The number of hydrogen-bond acceptors (Lipinski definition) is 3. The van der Waals surface area contributed by atoms with Gasteiger partial charge in [-0.2, -0.15) is 0 Å². The minimum absolute atomic E-state index is 0.0611. The maximum atomic E-state index is 10.8. The van der Waals surface area contributed by atoms with Gasteiger partial charge in [0, 0.05) is 6.54 Å². The third-order valence-electron chi connectivity index (χ3n) is 1.12. The first-order valence-corrected chi connectivity index (χ1v) is 3.48. The van der Waals surface area contributed by atoms with Gasteiger partial charge in [-0.1, -0.05) is 13.8 Å². The summed E-state index contributed by atoms with van der Waals surface area (Å²) in [6, 6.07) is 0. The van der Waals surface area contributed by atoms with Gasteiger partial charge in [0.25, 0.3) is 0 Å². The Morgan fingerprint density at radius 1 is 1.50 bits per heavy atom. The molecule has 0 saturated heterocycles. The highest BCUT2D eigenvalue weighted by atomic mass is 16.5. The van der Waals surface area contributed by atoms with Gasteiger partial charge in [-0.05, 0) is 6.92 Å². The molecule has 0 aromatic heterocycles. The fraction of sp³-hybridized carbons (Fsp3) is 0.857. The van der Waals surface area contributed by atoms with Crippen molar-refractivity contribution in [1.29, 1.82) is 0 Å². The van der Waals surface area contributed by atoms with Crippen LogP contribution >= 0.6 is 0 Å². The van der Waals surface area contributed by atoms with Gasteiger partial charge in [-0.15, -0.1) is 0 Å². The smallest absolute Gasteiger partial charge is 0.308 e. The van der Waals surface area contributed by atoms with Crippen molar-refractivity contribution < 1.29 is 9.53 Å². The molecule has 3 nitrogen and oxygen atoms in total. The molecular formula is C7H15NO2. The molecular weight excluding hydrogens is 130 g/mol. The SMILES string of the molecule is CC(C)C(=O)O[C@H](C)CN. The maximum Gasteiger partial charge on any atom is 0.308 e. The zero-order chi connectivity index (χ0) is 8.15. The van der Waals surface area contributed by atoms with Crippen molar-refractivity contribution in [2.45, 2.75) is 26.9 Å². The highest BCUT2D eigenvalue weighted by Crippen LogP contribution is 1.98. The molecule has 0 aliphatic rings. The number of esters is 1. The molecule has 0 heterocycles. The summed E-state index contributed by atoms with van der Waals surface area (Å²) in [6.07, 6.45) is -0.158. The molecule has 0 aliphatic heterocycles. The minimum Gasteiger partial charge on any atom is -0.461 e. The van der Waals surface area contributed by atoms with E-state index >= 15 is 0 Å². The first-order chi connectivity index (χ1) is 4.57. The van der Waals surface area contributed by atoms with Crippen LogP contribution in [-0.2, 0) is 9.53 Å². The molecule has 0 aliphatic carbocycles. The van der Waals surface area contributed by atoms with E-state index in [-0.39, 0.29) is 18.0 Å². The van der Waals surface area contributed by atoms with Crippen molar-refractivity contribution in [3.63, 3.8) is 0 Å². The van der Waals surface area contributed by atoms with Crippen LogP contribution < -0.4 is 5.73 Å². The van der Waals surface area contributed by atoms with E-state index in [1.807, 2.05) is 0 Å². The molecule has 1 atom stereocenters. The number of carbonyl (C=O) groups excluding carboxylic acids is 1. The molecule has 0 unspecified atom stereocenters. The number of hydrogen-bond donors (Lipinski definition) is 1. The van der Waals surface area contributed by atoms with E-state index in [0.717, 1.165) is 0 Å². The summed E-state index contributed by atoms with van der Waals surface area (Å²) in [7, 11) is 0. The quantitative estimate of drug-likeness (QED) is 0.589. The van der Waals surface area contributed by atoms with Crippen molar-refractivity contribution in [3.8, 4) is 0 Å². The molecule has 0 bridgehead atoms. The Morgan fingerprint density at radius 3 is 2.30 bits per heavy atom. The van der Waals surface area contributed by atoms with Crippen molar-refractivity contribution in [2.75, 3.05) is 6.54 Å². The van der Waals surface area contributed by atoms with Gasteiger partial charge < -0.3 is 10.5 Å². The van der Waals surface area contributed by atoms with Crippen LogP contribution in [-0.4, -0.2) is 18.6 Å². The predicted molar refractivity (Wildman–Crippen MR) is 39.4 cm³/mol. The fourth-order valence-corrected chi connectivity index (χ4v) is 0.382. The summed E-state index contributed by atoms with van der Waals surface area (Å²) in [5.74, 6) is -0.244. The van der Waals surface area contributed by atoms with Crippen LogP contribution in [0.25, 0.3) is 0 Å². The van der Waals surface area contributed by atoms with E-state index < -0.39 is 0 Å². The standard InChI is InChI=1S/C7H15NO2/c1-5(2)7(9)10-6(3)4-8/h5-6H,4,8H2,1-3H3/t6-/m1/s1. The summed E-state index contributed by atoms with van der Waals surface area (Å²) in [6.45, 7) is 5.76. The monoisotopic (exact) mass is 145 g/mol. The van der Waals surface area contributed by atoms with Crippen molar-refractivity contribution >= 4 is 5.97 Å². The number of carbonyl (C=O) groups is 1. The molecule has 0 fully saturated rings. The number of rotatable bonds is 3. The molecule has 60 valence electrons. The zero-order valence-electron chi connectivity index (χ0n) is 6.76. The van der Waals surface area contributed by atoms with E-state index in [2.05, 4.69) is 0 Å². The molecule has 2 N–H and O–H groups in total. The van der Waals surface area contributed by atoms with E-state index in [1.54, 1.807) is 20.8 Å². The van der Waals surface area contributed by atoms with E-state index in [9.17, 15) is 4.79 Å². The Bertz CT molecular complexity index is 112. The van der Waals surface area contributed by atoms with Gasteiger partial charge in [0.15, 0.2) is 0 Å². The lowest BCUT2D eigenvalue weighted by atomic mass is 10.2. The second-order valence-corrected chi connectivity index (χ2v) is 2.64. The third kappa shape index (κ3) is 3.45. The number of nitrogens with two attached hydrogens (primary N) is 1. The minimum atomic E-state index is -0.182. The fourth-order valence-electron chi connectivity index (χ4n) is 0.382. The van der Waals surface area contributed by atoms with Gasteiger partial charge in [-0.25, -0.2) is 0 Å². The Balaban J connectivity index is 3.57. The molecule has 0 aromatic rings. The second kappa shape index (κ2) is 4.28. The normalized spacial score (nSPS) is 13.3. The van der Waals surface area contributed by atoms with Gasteiger partial charge in [0.1, 0.15) is 6.10 Å². The largest absolute Gasteiger partial charge is 0.461 e. The molecule has 10 heavy (non-hydrogen) atoms. The lowest BCUT2D eigenvalue weighted by Gasteiger charge is -2.11. The zero-order valence-corrected chi connectivity index (χ0v) is 6.76. The van der Waals surface area contributed by atoms with Crippen LogP contribution in [0, 0.1) is 5.92 Å². The van der Waals surface area contributed by atoms with Crippen molar-refractivity contribution in [3.05, 3.63) is 0 Å². The second-order valence-electron chi connectivity index (χ2n) is 2.64. The summed E-state index contributed by atoms with van der Waals surface area (Å²) in [4.78, 5) is 10.8. The van der Waals surface area contributed by atoms with E-state index in [1.165, 1.54) is 0 Å². The third-order valence-corrected chi connectivity index (χ3v) is 1.12. The first kappa shape index (κ1) is 9.43. The molecule has 0 radical (unpaired) electrons. The highest BCUT2D eigenvalue weighted by molar-refractivity contribution is 5.71. The van der Waals surface area contributed by atoms with Gasteiger partial charge >= 0.3 is 5.97 Å². The Labute approximate surface area is 61.5 Å². The molecule has 0 aromatic carbocycles. The van der Waals surface area contributed by atoms with Gasteiger partial charge in [-0.3, -0.25) is 4.79 Å². The predicted octanol–water partition coefficient (Wildman–Crippen LogP) is 0.533. The van der Waals surface area contributed by atoms with Crippen LogP contribution in [0.15, 0.2) is 0 Å². The van der Waals surface area contributed by atoms with Crippen LogP contribution in [0.2, 0.25) is 0 Å². The summed E-state index contributed by atoms with van der Waals surface area (Å²) >= 11 is 0. The highest BCUT2D eigenvalue weighted by Gasteiger charge is 2.10. The first-order valence-electron chi connectivity index (χ1n) is 3.48. The molecule has 0 saturated carbocycles. The van der Waals surface area contributed by atoms with E-state index in [0.29, 0.717) is 6.54 Å². The van der Waals surface area contributed by atoms with Gasteiger partial charge in [0.05, 0.1) is 5.92 Å². The van der Waals surface area contributed by atoms with Crippen molar-refractivity contribution in [2.24, 2.45) is 11.7 Å². The molecule has 3 heteroatoms. The lowest BCUT2D eigenvalue weighted by molar-refractivity contribution is -0.151. The lowest BCUT2D eigenvalue weighted by Crippen LogP contribution is -2.25. The number of ether oxygens (including phenoxy) is 1. The Hall–Kier alpha value is -0.570. The summed E-state index contributed by atoms with van der Waals surface area (Å²) in [5, 5.41) is 0. The van der Waals surface area contributed by atoms with E-state index in [4.69, 9.17) is 10.5 Å². The molecule has 0 amide bonds. The van der Waals surface area contributed by atoms with Crippen molar-refractivity contribution in [1.82, 2.24) is 0 Å². The molecule has 0 rings (SSSR count). The average molecular weight is 145 g/mol. The topological polar surface area (TPSA) is 52.3 Å². The van der Waals surface area contributed by atoms with Gasteiger partial charge in [0.2, 0.25) is 0 Å². The van der Waals surface area contributed by atoms with Crippen LogP contribution in [0.1, 0.15) is 20.8 Å². The maximum absolute atomic E-state index is 10.8. The van der Waals surface area contributed by atoms with Crippen LogP contribution in [0.3, 0.4) is 0 Å². The molecule has 0 spiro atoms. The summed E-state index contributed by atoms with van der Waals surface area (Å²) < 4.78 is 4.90. The van der Waals surface area contributed by atoms with Crippen LogP contribution in [0.5, 0.6) is 0 Å². The Morgan fingerprint density at radius 2 is 2.00 bits per heavy atom.